The zero-order valence-corrected chi connectivity index (χ0v) is 17.8. The minimum absolute atomic E-state index is 0.166. The van der Waals surface area contributed by atoms with Gasteiger partial charge in [-0.2, -0.15) is 0 Å². The molecule has 0 aromatic heterocycles. The van der Waals surface area contributed by atoms with E-state index in [2.05, 4.69) is 57.6 Å². The summed E-state index contributed by atoms with van der Waals surface area (Å²) in [6.07, 6.45) is 3.80. The third kappa shape index (κ3) is 5.94. The molecular weight excluding hydrogens is 338 g/mol. The van der Waals surface area contributed by atoms with Gasteiger partial charge >= 0.3 is 0 Å². The van der Waals surface area contributed by atoms with Crippen LogP contribution in [0, 0.1) is 5.92 Å². The van der Waals surface area contributed by atoms with Crippen molar-refractivity contribution in [1.29, 1.82) is 0 Å². The first kappa shape index (κ1) is 21.7. The highest BCUT2D eigenvalue weighted by Crippen LogP contribution is 2.28. The number of rotatable bonds is 10. The first-order valence-corrected chi connectivity index (χ1v) is 10.2. The van der Waals surface area contributed by atoms with Gasteiger partial charge in [0, 0.05) is 31.2 Å². The molecule has 0 bridgehead atoms. The molecule has 0 aromatic rings. The van der Waals surface area contributed by atoms with Crippen molar-refractivity contribution in [2.24, 2.45) is 10.9 Å². The summed E-state index contributed by atoms with van der Waals surface area (Å²) in [5, 5.41) is 0. The van der Waals surface area contributed by atoms with E-state index in [0.29, 0.717) is 25.4 Å². The molecule has 0 saturated carbocycles. The van der Waals surface area contributed by atoms with E-state index in [1.165, 1.54) is 0 Å². The fourth-order valence-corrected chi connectivity index (χ4v) is 3.66. The van der Waals surface area contributed by atoms with E-state index in [1.807, 2.05) is 6.08 Å². The van der Waals surface area contributed by atoms with Crippen LogP contribution in [0.25, 0.3) is 0 Å². The molecule has 1 atom stereocenters. The van der Waals surface area contributed by atoms with Crippen molar-refractivity contribution in [1.82, 2.24) is 9.80 Å². The Bertz CT molecular complexity index is 584. The third-order valence-corrected chi connectivity index (χ3v) is 5.21. The van der Waals surface area contributed by atoms with Gasteiger partial charge in [-0.3, -0.25) is 4.99 Å². The van der Waals surface area contributed by atoms with Crippen LogP contribution in [0.2, 0.25) is 0 Å². The minimum atomic E-state index is 0.166. The van der Waals surface area contributed by atoms with Gasteiger partial charge in [0.25, 0.3) is 0 Å². The first-order valence-electron chi connectivity index (χ1n) is 10.2. The minimum Gasteiger partial charge on any atom is -0.469 e. The van der Waals surface area contributed by atoms with Crippen molar-refractivity contribution < 1.29 is 9.47 Å². The molecule has 2 aliphatic heterocycles. The summed E-state index contributed by atoms with van der Waals surface area (Å²) in [6, 6.07) is 0.743. The Hall–Kier alpha value is -1.59. The molecule has 27 heavy (non-hydrogen) atoms. The van der Waals surface area contributed by atoms with E-state index in [-0.39, 0.29) is 6.04 Å². The highest BCUT2D eigenvalue weighted by atomic mass is 16.7. The predicted octanol–water partition coefficient (Wildman–Crippen LogP) is 4.19. The molecule has 5 heteroatoms. The van der Waals surface area contributed by atoms with E-state index >= 15 is 0 Å². The van der Waals surface area contributed by atoms with Crippen molar-refractivity contribution in [2.75, 3.05) is 33.0 Å². The van der Waals surface area contributed by atoms with E-state index in [4.69, 9.17) is 14.5 Å². The molecule has 1 saturated heterocycles. The smallest absolute Gasteiger partial charge is 0.189 e. The quantitative estimate of drug-likeness (QED) is 0.574. The largest absolute Gasteiger partial charge is 0.469 e. The molecule has 2 rings (SSSR count). The van der Waals surface area contributed by atoms with Gasteiger partial charge in [0.15, 0.2) is 6.79 Å². The number of aliphatic imine (C=N–C) groups is 1. The fourth-order valence-electron chi connectivity index (χ4n) is 3.66. The normalized spacial score (nSPS) is 21.7. The summed E-state index contributed by atoms with van der Waals surface area (Å²) in [5.41, 5.74) is 2.11. The average molecular weight is 376 g/mol. The Balaban J connectivity index is 2.01. The maximum absolute atomic E-state index is 5.42. The number of hydrogen-bond acceptors (Lipinski definition) is 5. The van der Waals surface area contributed by atoms with E-state index in [9.17, 15) is 0 Å². The molecule has 1 fully saturated rings. The van der Waals surface area contributed by atoms with Crippen LogP contribution in [0.1, 0.15) is 47.5 Å². The molecule has 1 unspecified atom stereocenters. The van der Waals surface area contributed by atoms with Crippen molar-refractivity contribution in [3.8, 4) is 0 Å². The van der Waals surface area contributed by atoms with Crippen molar-refractivity contribution >= 4 is 5.84 Å². The van der Waals surface area contributed by atoms with Gasteiger partial charge in [-0.05, 0) is 44.4 Å². The van der Waals surface area contributed by atoms with Crippen LogP contribution in [0.5, 0.6) is 0 Å². The monoisotopic (exact) mass is 375 g/mol. The molecule has 0 N–H and O–H groups in total. The summed E-state index contributed by atoms with van der Waals surface area (Å²) < 4.78 is 10.7. The van der Waals surface area contributed by atoms with Gasteiger partial charge in [0.2, 0.25) is 0 Å². The van der Waals surface area contributed by atoms with E-state index in [0.717, 1.165) is 55.3 Å². The van der Waals surface area contributed by atoms with Gasteiger partial charge in [-0.25, -0.2) is 0 Å². The Labute approximate surface area is 165 Å². The Kier molecular flexibility index (Phi) is 8.11. The molecule has 0 aliphatic carbocycles. The van der Waals surface area contributed by atoms with Gasteiger partial charge in [-0.15, -0.1) is 0 Å². The van der Waals surface area contributed by atoms with Crippen LogP contribution in [-0.2, 0) is 9.47 Å². The maximum atomic E-state index is 5.42. The standard InChI is InChI=1S/C22H37N3O2/c1-8-24(17(4)5)10-9-11-25-19(7)22(16(2)3)23-21(25)13-18(6)12-20-14-26-15-27-20/h12,16-17,22H,6-11,13-15H2,1-5H3/b20-12+. The number of allylic oxidation sites excluding steroid dienone is 1. The number of nitrogens with zero attached hydrogens (tertiary/aromatic N) is 3. The highest BCUT2D eigenvalue weighted by molar-refractivity contribution is 5.89. The predicted molar refractivity (Wildman–Crippen MR) is 113 cm³/mol. The number of hydrogen-bond donors (Lipinski definition) is 0. The number of amidine groups is 1. The third-order valence-electron chi connectivity index (χ3n) is 5.21. The Morgan fingerprint density at radius 3 is 2.67 bits per heavy atom. The van der Waals surface area contributed by atoms with Crippen molar-refractivity contribution in [3.63, 3.8) is 0 Å². The van der Waals surface area contributed by atoms with Gasteiger partial charge in [-0.1, -0.05) is 33.9 Å². The van der Waals surface area contributed by atoms with Crippen LogP contribution in [0.15, 0.2) is 41.3 Å². The summed E-state index contributed by atoms with van der Waals surface area (Å²) in [7, 11) is 0. The Morgan fingerprint density at radius 2 is 2.11 bits per heavy atom. The lowest BCUT2D eigenvalue weighted by molar-refractivity contribution is 0.0800. The lowest BCUT2D eigenvalue weighted by Crippen LogP contribution is -2.35. The lowest BCUT2D eigenvalue weighted by Gasteiger charge is -2.28. The van der Waals surface area contributed by atoms with Crippen LogP contribution < -0.4 is 0 Å². The second-order valence-electron chi connectivity index (χ2n) is 8.01. The molecule has 0 spiro atoms. The summed E-state index contributed by atoms with van der Waals surface area (Å²) in [5.74, 6) is 2.37. The average Bonchev–Trinajstić information content (AvgIpc) is 3.20. The zero-order valence-electron chi connectivity index (χ0n) is 17.8. The molecule has 0 radical (unpaired) electrons. The lowest BCUT2D eigenvalue weighted by atomic mass is 10.0. The van der Waals surface area contributed by atoms with E-state index < -0.39 is 0 Å². The van der Waals surface area contributed by atoms with Gasteiger partial charge in [0.1, 0.15) is 18.2 Å². The zero-order chi connectivity index (χ0) is 20.0. The van der Waals surface area contributed by atoms with Crippen molar-refractivity contribution in [3.05, 3.63) is 36.3 Å². The fraction of sp³-hybridized carbons (Fsp3) is 0.682. The molecular formula is C22H37N3O2. The second kappa shape index (κ2) is 10.1. The summed E-state index contributed by atoms with van der Waals surface area (Å²) >= 11 is 0. The summed E-state index contributed by atoms with van der Waals surface area (Å²) in [6.45, 7) is 23.7. The van der Waals surface area contributed by atoms with Crippen LogP contribution in [0.3, 0.4) is 0 Å². The van der Waals surface area contributed by atoms with Gasteiger partial charge < -0.3 is 19.3 Å². The SMILES string of the molecule is C=C(/C=C1\COCO1)CC1=NC(C(C)C)C(=C)N1CCCN(CC)C(C)C. The van der Waals surface area contributed by atoms with Crippen LogP contribution in [0.4, 0.5) is 0 Å². The molecule has 0 aromatic carbocycles. The second-order valence-corrected chi connectivity index (χ2v) is 8.01. The maximum Gasteiger partial charge on any atom is 0.189 e. The number of ether oxygens (including phenoxy) is 2. The van der Waals surface area contributed by atoms with E-state index in [1.54, 1.807) is 0 Å². The first-order chi connectivity index (χ1) is 12.8. The molecule has 0 amide bonds. The molecule has 2 aliphatic rings. The van der Waals surface area contributed by atoms with Crippen LogP contribution in [-0.4, -0.2) is 60.8 Å². The molecule has 5 nitrogen and oxygen atoms in total. The molecule has 152 valence electrons. The van der Waals surface area contributed by atoms with Gasteiger partial charge in [0.05, 0.1) is 6.04 Å². The summed E-state index contributed by atoms with van der Waals surface area (Å²) in [4.78, 5) is 9.80. The Morgan fingerprint density at radius 1 is 1.37 bits per heavy atom. The highest BCUT2D eigenvalue weighted by Gasteiger charge is 2.31. The van der Waals surface area contributed by atoms with Crippen molar-refractivity contribution in [2.45, 2.75) is 59.5 Å². The van der Waals surface area contributed by atoms with Crippen LogP contribution >= 0.6 is 0 Å². The molecule has 2 heterocycles. The topological polar surface area (TPSA) is 37.3 Å².